The lowest BCUT2D eigenvalue weighted by Crippen LogP contribution is -2.40. The van der Waals surface area contributed by atoms with Crippen LogP contribution < -0.4 is 0 Å². The van der Waals surface area contributed by atoms with Gasteiger partial charge in [-0.05, 0) is 25.9 Å². The molecule has 3 heteroatoms. The quantitative estimate of drug-likeness (QED) is 0.706. The molecule has 1 aliphatic rings. The second kappa shape index (κ2) is 6.09. The van der Waals surface area contributed by atoms with E-state index in [0.717, 1.165) is 26.2 Å². The maximum Gasteiger partial charge on any atom is 0.0638 e. The van der Waals surface area contributed by atoms with Gasteiger partial charge in [0.1, 0.15) is 0 Å². The van der Waals surface area contributed by atoms with Crippen molar-refractivity contribution in [1.29, 1.82) is 5.26 Å². The van der Waals surface area contributed by atoms with Crippen LogP contribution in [0.4, 0.5) is 0 Å². The van der Waals surface area contributed by atoms with Crippen LogP contribution in [-0.2, 0) is 0 Å². The van der Waals surface area contributed by atoms with Crippen molar-refractivity contribution in [1.82, 2.24) is 9.80 Å². The zero-order chi connectivity index (χ0) is 11.3. The molecule has 0 saturated carbocycles. The molecule has 86 valence electrons. The Balaban J connectivity index is 2.65. The van der Waals surface area contributed by atoms with Gasteiger partial charge in [0.25, 0.3) is 0 Å². The molecule has 1 saturated heterocycles. The van der Waals surface area contributed by atoms with E-state index in [1.807, 2.05) is 0 Å². The molecule has 0 aromatic carbocycles. The van der Waals surface area contributed by atoms with E-state index in [-0.39, 0.29) is 0 Å². The second-order valence-electron chi connectivity index (χ2n) is 4.84. The molecule has 15 heavy (non-hydrogen) atoms. The van der Waals surface area contributed by atoms with Crippen molar-refractivity contribution >= 4 is 0 Å². The number of likely N-dealkylation sites (N-methyl/N-ethyl adjacent to an activating group) is 1. The van der Waals surface area contributed by atoms with E-state index >= 15 is 0 Å². The highest BCUT2D eigenvalue weighted by Crippen LogP contribution is 2.15. The SMILES string of the molecule is CCCN1CC(C)CN(C)CC1CC#N. The summed E-state index contributed by atoms with van der Waals surface area (Å²) in [5.41, 5.74) is 0. The second-order valence-corrected chi connectivity index (χ2v) is 4.84. The van der Waals surface area contributed by atoms with Gasteiger partial charge in [-0.3, -0.25) is 4.90 Å². The molecule has 2 atom stereocenters. The van der Waals surface area contributed by atoms with E-state index in [1.54, 1.807) is 0 Å². The molecule has 0 aromatic heterocycles. The monoisotopic (exact) mass is 209 g/mol. The van der Waals surface area contributed by atoms with Crippen LogP contribution in [-0.4, -0.2) is 49.1 Å². The van der Waals surface area contributed by atoms with E-state index in [9.17, 15) is 0 Å². The molecule has 0 aliphatic carbocycles. The van der Waals surface area contributed by atoms with Gasteiger partial charge in [-0.1, -0.05) is 13.8 Å². The predicted molar refractivity (Wildman–Crippen MR) is 62.5 cm³/mol. The lowest BCUT2D eigenvalue weighted by molar-refractivity contribution is 0.184. The Labute approximate surface area is 93.7 Å². The van der Waals surface area contributed by atoms with Crippen LogP contribution in [0.1, 0.15) is 26.7 Å². The van der Waals surface area contributed by atoms with Crippen molar-refractivity contribution in [2.75, 3.05) is 33.2 Å². The van der Waals surface area contributed by atoms with E-state index in [4.69, 9.17) is 5.26 Å². The van der Waals surface area contributed by atoms with E-state index in [0.29, 0.717) is 18.4 Å². The van der Waals surface area contributed by atoms with Gasteiger partial charge in [-0.25, -0.2) is 0 Å². The van der Waals surface area contributed by atoms with Crippen LogP contribution >= 0.6 is 0 Å². The molecule has 3 nitrogen and oxygen atoms in total. The minimum Gasteiger partial charge on any atom is -0.304 e. The van der Waals surface area contributed by atoms with Crippen molar-refractivity contribution in [3.8, 4) is 6.07 Å². The summed E-state index contributed by atoms with van der Waals surface area (Å²) >= 11 is 0. The molecule has 2 unspecified atom stereocenters. The maximum atomic E-state index is 8.85. The molecule has 1 aliphatic heterocycles. The zero-order valence-electron chi connectivity index (χ0n) is 10.2. The summed E-state index contributed by atoms with van der Waals surface area (Å²) in [5.74, 6) is 0.713. The highest BCUT2D eigenvalue weighted by Gasteiger charge is 2.25. The Kier molecular flexibility index (Phi) is 5.07. The maximum absolute atomic E-state index is 8.85. The smallest absolute Gasteiger partial charge is 0.0638 e. The summed E-state index contributed by atoms with van der Waals surface area (Å²) in [6.45, 7) is 8.98. The summed E-state index contributed by atoms with van der Waals surface area (Å²) in [5, 5.41) is 8.85. The fourth-order valence-corrected chi connectivity index (χ4v) is 2.55. The van der Waals surface area contributed by atoms with Gasteiger partial charge in [0.2, 0.25) is 0 Å². The van der Waals surface area contributed by atoms with Gasteiger partial charge in [0.05, 0.1) is 12.5 Å². The Morgan fingerprint density at radius 1 is 1.33 bits per heavy atom. The highest BCUT2D eigenvalue weighted by atomic mass is 15.2. The first-order valence-electron chi connectivity index (χ1n) is 5.96. The first-order chi connectivity index (χ1) is 7.17. The van der Waals surface area contributed by atoms with Crippen molar-refractivity contribution in [2.24, 2.45) is 5.92 Å². The number of hydrogen-bond acceptors (Lipinski definition) is 3. The van der Waals surface area contributed by atoms with Gasteiger partial charge in [-0.15, -0.1) is 0 Å². The summed E-state index contributed by atoms with van der Waals surface area (Å²) in [7, 11) is 2.16. The van der Waals surface area contributed by atoms with Crippen molar-refractivity contribution in [3.05, 3.63) is 0 Å². The Morgan fingerprint density at radius 3 is 2.67 bits per heavy atom. The molecule has 0 N–H and O–H groups in total. The van der Waals surface area contributed by atoms with Crippen LogP contribution in [0, 0.1) is 17.2 Å². The molecule has 1 rings (SSSR count). The van der Waals surface area contributed by atoms with Crippen LogP contribution in [0.3, 0.4) is 0 Å². The Hall–Kier alpha value is -0.590. The minimum atomic E-state index is 0.435. The molecule has 0 aromatic rings. The van der Waals surface area contributed by atoms with Gasteiger partial charge in [-0.2, -0.15) is 5.26 Å². The lowest BCUT2D eigenvalue weighted by Gasteiger charge is -2.29. The third-order valence-corrected chi connectivity index (χ3v) is 3.05. The standard InChI is InChI=1S/C12H23N3/c1-4-7-15-9-11(2)8-14(3)10-12(15)5-6-13/h11-12H,4-5,7-10H2,1-3H3. The zero-order valence-corrected chi connectivity index (χ0v) is 10.2. The van der Waals surface area contributed by atoms with Gasteiger partial charge >= 0.3 is 0 Å². The summed E-state index contributed by atoms with van der Waals surface area (Å²) in [6, 6.07) is 2.76. The van der Waals surface area contributed by atoms with Gasteiger partial charge in [0, 0.05) is 25.7 Å². The molecule has 0 bridgehead atoms. The summed E-state index contributed by atoms with van der Waals surface area (Å²) in [4.78, 5) is 4.86. The molecule has 0 radical (unpaired) electrons. The minimum absolute atomic E-state index is 0.435. The normalized spacial score (nSPS) is 29.7. The topological polar surface area (TPSA) is 30.3 Å². The van der Waals surface area contributed by atoms with E-state index in [2.05, 4.69) is 36.8 Å². The van der Waals surface area contributed by atoms with E-state index in [1.165, 1.54) is 6.42 Å². The Bertz CT molecular complexity index is 221. The molecule has 1 heterocycles. The number of nitrogens with zero attached hydrogens (tertiary/aromatic N) is 3. The van der Waals surface area contributed by atoms with Crippen LogP contribution in [0.15, 0.2) is 0 Å². The average Bonchev–Trinajstić information content (AvgIpc) is 2.27. The fraction of sp³-hybridized carbons (Fsp3) is 0.917. The van der Waals surface area contributed by atoms with Crippen molar-refractivity contribution in [2.45, 2.75) is 32.7 Å². The largest absolute Gasteiger partial charge is 0.304 e. The first kappa shape index (κ1) is 12.5. The first-order valence-corrected chi connectivity index (χ1v) is 5.96. The Morgan fingerprint density at radius 2 is 2.07 bits per heavy atom. The van der Waals surface area contributed by atoms with Crippen LogP contribution in [0.5, 0.6) is 0 Å². The number of hydrogen-bond donors (Lipinski definition) is 0. The molecule has 0 spiro atoms. The lowest BCUT2D eigenvalue weighted by atomic mass is 10.1. The summed E-state index contributed by atoms with van der Waals surface area (Å²) < 4.78 is 0. The fourth-order valence-electron chi connectivity index (χ4n) is 2.55. The average molecular weight is 209 g/mol. The third kappa shape index (κ3) is 3.81. The summed E-state index contributed by atoms with van der Waals surface area (Å²) in [6.07, 6.45) is 1.84. The van der Waals surface area contributed by atoms with Crippen molar-refractivity contribution in [3.63, 3.8) is 0 Å². The molecule has 0 amide bonds. The number of nitriles is 1. The molecule has 1 fully saturated rings. The molecular weight excluding hydrogens is 186 g/mol. The van der Waals surface area contributed by atoms with Gasteiger partial charge < -0.3 is 4.90 Å². The number of rotatable bonds is 3. The van der Waals surface area contributed by atoms with Gasteiger partial charge in [0.15, 0.2) is 0 Å². The van der Waals surface area contributed by atoms with Crippen LogP contribution in [0.25, 0.3) is 0 Å². The van der Waals surface area contributed by atoms with Crippen molar-refractivity contribution < 1.29 is 0 Å². The molecular formula is C12H23N3. The predicted octanol–water partition coefficient (Wildman–Crippen LogP) is 1.56. The third-order valence-electron chi connectivity index (χ3n) is 3.05. The van der Waals surface area contributed by atoms with E-state index < -0.39 is 0 Å². The van der Waals surface area contributed by atoms with Crippen LogP contribution in [0.2, 0.25) is 0 Å². The highest BCUT2D eigenvalue weighted by molar-refractivity contribution is 4.87.